The number of amides is 1. The van der Waals surface area contributed by atoms with Gasteiger partial charge >= 0.3 is 124 Å². The number of hydrogen-bond acceptors (Lipinski definition) is 5. The molecule has 2 aromatic rings. The van der Waals surface area contributed by atoms with Crippen molar-refractivity contribution in [1.82, 2.24) is 19.7 Å². The van der Waals surface area contributed by atoms with Crippen molar-refractivity contribution in [1.29, 1.82) is 0 Å². The van der Waals surface area contributed by atoms with Gasteiger partial charge in [-0.2, -0.15) is 0 Å². The van der Waals surface area contributed by atoms with Crippen molar-refractivity contribution >= 4 is 27.9 Å². The Kier molecular flexibility index (Phi) is 4.49. The van der Waals surface area contributed by atoms with E-state index < -0.39 is 12.7 Å². The van der Waals surface area contributed by atoms with Crippen LogP contribution in [0.15, 0.2) is 36.7 Å². The first kappa shape index (κ1) is 15.3. The molecule has 1 heterocycles. The predicted molar refractivity (Wildman–Crippen MR) is 76.6 cm³/mol. The third kappa shape index (κ3) is 3.01. The molecular formula is C13H16N4O3Se. The van der Waals surface area contributed by atoms with Gasteiger partial charge in [-0.25, -0.2) is 0 Å². The summed E-state index contributed by atoms with van der Waals surface area (Å²) in [6, 6.07) is 7.59. The summed E-state index contributed by atoms with van der Waals surface area (Å²) in [5.74, 6) is 0. The van der Waals surface area contributed by atoms with E-state index in [0.717, 1.165) is 11.0 Å². The van der Waals surface area contributed by atoms with Crippen LogP contribution >= 0.6 is 0 Å². The second kappa shape index (κ2) is 6.15. The van der Waals surface area contributed by atoms with Crippen LogP contribution in [0.1, 0.15) is 13.8 Å². The zero-order valence-electron chi connectivity index (χ0n) is 11.8. The van der Waals surface area contributed by atoms with Crippen LogP contribution in [0.2, 0.25) is 0 Å². The normalized spacial score (nSPS) is 11.3. The molecule has 0 unspecified atom stereocenters. The molecule has 1 aromatic carbocycles. The Morgan fingerprint density at radius 2 is 1.81 bits per heavy atom. The molecule has 21 heavy (non-hydrogen) atoms. The van der Waals surface area contributed by atoms with Crippen LogP contribution in [-0.2, 0) is 7.67 Å². The molecule has 0 aliphatic carbocycles. The van der Waals surface area contributed by atoms with Crippen molar-refractivity contribution in [3.8, 4) is 0 Å². The van der Waals surface area contributed by atoms with Crippen LogP contribution in [-0.4, -0.2) is 51.5 Å². The van der Waals surface area contributed by atoms with Gasteiger partial charge in [-0.1, -0.05) is 0 Å². The Labute approximate surface area is 124 Å². The van der Waals surface area contributed by atoms with Crippen LogP contribution in [0.5, 0.6) is 0 Å². The fourth-order valence-corrected chi connectivity index (χ4v) is 4.13. The molecule has 1 aromatic heterocycles. The SMILES string of the molecule is CCN(CC)C(=O)n1cnc([Se](=O)(=O)c2ccccc2)n1. The van der Waals surface area contributed by atoms with Crippen molar-refractivity contribution in [2.75, 3.05) is 13.1 Å². The first-order valence-corrected chi connectivity index (χ1v) is 9.63. The Balaban J connectivity index is 2.34. The average Bonchev–Trinajstić information content (AvgIpc) is 3.00. The molecule has 0 N–H and O–H groups in total. The second-order valence-electron chi connectivity index (χ2n) is 4.24. The first-order chi connectivity index (χ1) is 10.0. The molecule has 0 aliphatic heterocycles. The summed E-state index contributed by atoms with van der Waals surface area (Å²) >= 11 is -4.65. The predicted octanol–water partition coefficient (Wildman–Crippen LogP) is 0.00540. The van der Waals surface area contributed by atoms with Gasteiger partial charge in [-0.05, 0) is 0 Å². The van der Waals surface area contributed by atoms with Gasteiger partial charge in [-0.15, -0.1) is 0 Å². The maximum atomic E-state index is 12.4. The van der Waals surface area contributed by atoms with E-state index in [-0.39, 0.29) is 15.2 Å². The molecule has 0 bridgehead atoms. The number of benzene rings is 1. The standard InChI is InChI=1S/C13H16N4O3Se/c1-3-16(4-2)13(18)17-10-14-12(15-17)21(19,20)11-8-6-5-7-9-11/h5-10H,3-4H2,1-2H3. The van der Waals surface area contributed by atoms with Crippen molar-refractivity contribution in [3.05, 3.63) is 36.7 Å². The van der Waals surface area contributed by atoms with E-state index in [1.165, 1.54) is 17.0 Å². The molecule has 0 aliphatic rings. The third-order valence-corrected chi connectivity index (χ3v) is 6.27. The van der Waals surface area contributed by atoms with Crippen molar-refractivity contribution < 1.29 is 12.5 Å². The van der Waals surface area contributed by atoms with E-state index in [9.17, 15) is 12.5 Å². The van der Waals surface area contributed by atoms with Gasteiger partial charge in [0.2, 0.25) is 0 Å². The molecule has 2 rings (SSSR count). The fraction of sp³-hybridized carbons (Fsp3) is 0.308. The van der Waals surface area contributed by atoms with E-state index in [2.05, 4.69) is 10.1 Å². The molecule has 1 amide bonds. The van der Waals surface area contributed by atoms with Gasteiger partial charge in [0.05, 0.1) is 0 Å². The third-order valence-electron chi connectivity index (χ3n) is 2.99. The summed E-state index contributed by atoms with van der Waals surface area (Å²) in [7, 11) is 0. The Hall–Kier alpha value is -2.05. The number of carbonyl (C=O) groups is 1. The molecule has 0 atom stereocenters. The van der Waals surface area contributed by atoms with Crippen molar-refractivity contribution in [3.63, 3.8) is 0 Å². The van der Waals surface area contributed by atoms with Crippen LogP contribution in [0.25, 0.3) is 0 Å². The van der Waals surface area contributed by atoms with Crippen molar-refractivity contribution in [2.45, 2.75) is 13.8 Å². The van der Waals surface area contributed by atoms with Gasteiger partial charge in [0, 0.05) is 0 Å². The molecular weight excluding hydrogens is 339 g/mol. The van der Waals surface area contributed by atoms with E-state index in [4.69, 9.17) is 0 Å². The Bertz CT molecular complexity index is 721. The minimum atomic E-state index is -4.65. The Morgan fingerprint density at radius 1 is 1.19 bits per heavy atom. The number of hydrogen-bond donors (Lipinski definition) is 0. The van der Waals surface area contributed by atoms with Gasteiger partial charge in [0.1, 0.15) is 0 Å². The quantitative estimate of drug-likeness (QED) is 0.721. The van der Waals surface area contributed by atoms with E-state index in [0.29, 0.717) is 13.1 Å². The summed E-state index contributed by atoms with van der Waals surface area (Å²) in [6.45, 7) is 4.71. The number of aromatic nitrogens is 3. The molecule has 0 fully saturated rings. The molecule has 7 nitrogen and oxygen atoms in total. The zero-order chi connectivity index (χ0) is 15.5. The number of rotatable bonds is 4. The van der Waals surface area contributed by atoms with E-state index >= 15 is 0 Å². The topological polar surface area (TPSA) is 85.2 Å². The van der Waals surface area contributed by atoms with Crippen molar-refractivity contribution in [2.24, 2.45) is 0 Å². The van der Waals surface area contributed by atoms with Crippen LogP contribution in [0.4, 0.5) is 4.79 Å². The van der Waals surface area contributed by atoms with Gasteiger partial charge in [0.25, 0.3) is 0 Å². The molecule has 0 saturated heterocycles. The van der Waals surface area contributed by atoms with Crippen LogP contribution in [0, 0.1) is 0 Å². The van der Waals surface area contributed by atoms with Gasteiger partial charge < -0.3 is 0 Å². The molecule has 0 spiro atoms. The molecule has 0 radical (unpaired) electrons. The molecule has 112 valence electrons. The van der Waals surface area contributed by atoms with Crippen LogP contribution < -0.4 is 9.18 Å². The number of nitrogens with zero attached hydrogens (tertiary/aromatic N) is 4. The minimum absolute atomic E-state index is 0.168. The summed E-state index contributed by atoms with van der Waals surface area (Å²) in [4.78, 5) is 17.4. The fourth-order valence-electron chi connectivity index (χ4n) is 1.81. The van der Waals surface area contributed by atoms with Gasteiger partial charge in [-0.3, -0.25) is 0 Å². The average molecular weight is 355 g/mol. The summed E-state index contributed by atoms with van der Waals surface area (Å²) in [5.41, 5.74) is 0. The van der Waals surface area contributed by atoms with Gasteiger partial charge in [0.15, 0.2) is 0 Å². The van der Waals surface area contributed by atoms with E-state index in [1.54, 1.807) is 18.2 Å². The van der Waals surface area contributed by atoms with Crippen LogP contribution in [0.3, 0.4) is 0 Å². The monoisotopic (exact) mass is 356 g/mol. The second-order valence-corrected chi connectivity index (χ2v) is 8.11. The van der Waals surface area contributed by atoms with E-state index in [1.807, 2.05) is 13.8 Å². The maximum absolute atomic E-state index is 12.4. The first-order valence-electron chi connectivity index (χ1n) is 6.51. The molecule has 0 saturated carbocycles. The number of carbonyl (C=O) groups excluding carboxylic acids is 1. The Morgan fingerprint density at radius 3 is 2.38 bits per heavy atom. The summed E-state index contributed by atoms with van der Waals surface area (Å²) in [5, 5.41) is 3.83. The summed E-state index contributed by atoms with van der Waals surface area (Å²) in [6.07, 6.45) is 1.14. The molecule has 8 heteroatoms. The summed E-state index contributed by atoms with van der Waals surface area (Å²) < 4.78 is 25.6. The zero-order valence-corrected chi connectivity index (χ0v) is 13.5.